The average molecular weight is 188 g/mol. The maximum absolute atomic E-state index is 5.21. The van der Waals surface area contributed by atoms with Crippen LogP contribution in [0.1, 0.15) is 5.69 Å². The monoisotopic (exact) mass is 188 g/mol. The normalized spacial score (nSPS) is 10.4. The molecule has 3 nitrogen and oxygen atoms in total. The summed E-state index contributed by atoms with van der Waals surface area (Å²) in [6.07, 6.45) is 0. The maximum atomic E-state index is 5.21. The fraction of sp³-hybridized carbons (Fsp3) is 0.182. The predicted octanol–water partition coefficient (Wildman–Crippen LogP) is 2.06. The minimum atomic E-state index is 0.732. The van der Waals surface area contributed by atoms with Gasteiger partial charge >= 0.3 is 0 Å². The maximum Gasteiger partial charge on any atom is 0.167 e. The summed E-state index contributed by atoms with van der Waals surface area (Å²) in [5, 5.41) is 6.97. The van der Waals surface area contributed by atoms with Crippen molar-refractivity contribution in [2.24, 2.45) is 0 Å². The summed E-state index contributed by atoms with van der Waals surface area (Å²) in [5.74, 6) is 0.816. The molecule has 0 fully saturated rings. The highest BCUT2D eigenvalue weighted by Crippen LogP contribution is 2.19. The van der Waals surface area contributed by atoms with E-state index in [-0.39, 0.29) is 0 Å². The SMILES string of the molecule is CNCc1cc(-c2ccccc2)on1. The van der Waals surface area contributed by atoms with Crippen LogP contribution in [-0.4, -0.2) is 12.2 Å². The molecule has 1 aromatic carbocycles. The van der Waals surface area contributed by atoms with Crippen molar-refractivity contribution < 1.29 is 4.52 Å². The lowest BCUT2D eigenvalue weighted by atomic mass is 10.2. The molecule has 1 aromatic heterocycles. The lowest BCUT2D eigenvalue weighted by molar-refractivity contribution is 0.421. The Labute approximate surface area is 82.7 Å². The van der Waals surface area contributed by atoms with Crippen LogP contribution in [0, 0.1) is 0 Å². The highest BCUT2D eigenvalue weighted by molar-refractivity contribution is 5.56. The first kappa shape index (κ1) is 8.97. The van der Waals surface area contributed by atoms with E-state index >= 15 is 0 Å². The third-order valence-corrected chi connectivity index (χ3v) is 1.98. The van der Waals surface area contributed by atoms with Crippen LogP contribution in [0.5, 0.6) is 0 Å². The Hall–Kier alpha value is -1.61. The predicted molar refractivity (Wildman–Crippen MR) is 54.7 cm³/mol. The molecule has 0 saturated heterocycles. The molecule has 2 rings (SSSR count). The molecule has 1 N–H and O–H groups in total. The van der Waals surface area contributed by atoms with Gasteiger partial charge in [0.1, 0.15) is 0 Å². The molecule has 0 radical (unpaired) electrons. The van der Waals surface area contributed by atoms with Gasteiger partial charge in [0.2, 0.25) is 0 Å². The summed E-state index contributed by atoms with van der Waals surface area (Å²) in [6, 6.07) is 11.9. The fourth-order valence-electron chi connectivity index (χ4n) is 1.31. The summed E-state index contributed by atoms with van der Waals surface area (Å²) in [7, 11) is 1.89. The molecule has 0 atom stereocenters. The Balaban J connectivity index is 2.25. The van der Waals surface area contributed by atoms with Crippen molar-refractivity contribution in [3.05, 3.63) is 42.1 Å². The van der Waals surface area contributed by atoms with E-state index in [0.29, 0.717) is 0 Å². The molecular formula is C11H12N2O. The van der Waals surface area contributed by atoms with E-state index in [0.717, 1.165) is 23.6 Å². The van der Waals surface area contributed by atoms with Gasteiger partial charge in [-0.2, -0.15) is 0 Å². The molecule has 0 aliphatic rings. The van der Waals surface area contributed by atoms with Crippen molar-refractivity contribution in [1.29, 1.82) is 0 Å². The number of nitrogens with one attached hydrogen (secondary N) is 1. The van der Waals surface area contributed by atoms with Gasteiger partial charge < -0.3 is 9.84 Å². The smallest absolute Gasteiger partial charge is 0.167 e. The number of aromatic nitrogens is 1. The Morgan fingerprint density at radius 1 is 1.29 bits per heavy atom. The first-order valence-electron chi connectivity index (χ1n) is 4.56. The Morgan fingerprint density at radius 2 is 2.07 bits per heavy atom. The highest BCUT2D eigenvalue weighted by atomic mass is 16.5. The number of hydrogen-bond acceptors (Lipinski definition) is 3. The molecule has 1 heterocycles. The van der Waals surface area contributed by atoms with Gasteiger partial charge in [-0.1, -0.05) is 35.5 Å². The second kappa shape index (κ2) is 4.07. The van der Waals surface area contributed by atoms with Crippen molar-refractivity contribution in [2.45, 2.75) is 6.54 Å². The Kier molecular flexibility index (Phi) is 2.60. The minimum Gasteiger partial charge on any atom is -0.356 e. The third-order valence-electron chi connectivity index (χ3n) is 1.98. The molecule has 72 valence electrons. The van der Waals surface area contributed by atoms with Crippen molar-refractivity contribution in [1.82, 2.24) is 10.5 Å². The van der Waals surface area contributed by atoms with Gasteiger partial charge in [0.25, 0.3) is 0 Å². The van der Waals surface area contributed by atoms with Crippen molar-refractivity contribution in [3.8, 4) is 11.3 Å². The second-order valence-corrected chi connectivity index (χ2v) is 3.08. The number of hydrogen-bond donors (Lipinski definition) is 1. The van der Waals surface area contributed by atoms with E-state index in [4.69, 9.17) is 4.52 Å². The third kappa shape index (κ3) is 1.83. The van der Waals surface area contributed by atoms with Crippen LogP contribution in [0.3, 0.4) is 0 Å². The largest absolute Gasteiger partial charge is 0.356 e. The number of rotatable bonds is 3. The van der Waals surface area contributed by atoms with Crippen LogP contribution in [0.4, 0.5) is 0 Å². The van der Waals surface area contributed by atoms with Crippen LogP contribution in [-0.2, 0) is 6.54 Å². The van der Waals surface area contributed by atoms with Crippen molar-refractivity contribution >= 4 is 0 Å². The summed E-state index contributed by atoms with van der Waals surface area (Å²) >= 11 is 0. The summed E-state index contributed by atoms with van der Waals surface area (Å²) in [5.41, 5.74) is 1.98. The van der Waals surface area contributed by atoms with Crippen LogP contribution in [0.25, 0.3) is 11.3 Å². The van der Waals surface area contributed by atoms with Gasteiger partial charge in [-0.05, 0) is 7.05 Å². The molecule has 0 unspecified atom stereocenters. The molecule has 2 aromatic rings. The van der Waals surface area contributed by atoms with Gasteiger partial charge in [0.15, 0.2) is 5.76 Å². The van der Waals surface area contributed by atoms with E-state index in [9.17, 15) is 0 Å². The van der Waals surface area contributed by atoms with Crippen molar-refractivity contribution in [2.75, 3.05) is 7.05 Å². The molecule has 0 aliphatic carbocycles. The van der Waals surface area contributed by atoms with Gasteiger partial charge in [0.05, 0.1) is 5.69 Å². The molecule has 0 amide bonds. The number of nitrogens with zero attached hydrogens (tertiary/aromatic N) is 1. The van der Waals surface area contributed by atoms with E-state index in [1.54, 1.807) is 0 Å². The van der Waals surface area contributed by atoms with Gasteiger partial charge in [-0.3, -0.25) is 0 Å². The lowest BCUT2D eigenvalue weighted by Crippen LogP contribution is -2.04. The van der Waals surface area contributed by atoms with E-state index < -0.39 is 0 Å². The highest BCUT2D eigenvalue weighted by Gasteiger charge is 2.04. The fourth-order valence-corrected chi connectivity index (χ4v) is 1.31. The van der Waals surface area contributed by atoms with Crippen LogP contribution in [0.15, 0.2) is 40.9 Å². The molecule has 0 spiro atoms. The standard InChI is InChI=1S/C11H12N2O/c1-12-8-10-7-11(14-13-10)9-5-3-2-4-6-9/h2-7,12H,8H2,1H3. The molecule has 0 saturated carbocycles. The molecule has 14 heavy (non-hydrogen) atoms. The quantitative estimate of drug-likeness (QED) is 0.801. The number of benzene rings is 1. The van der Waals surface area contributed by atoms with Crippen molar-refractivity contribution in [3.63, 3.8) is 0 Å². The summed E-state index contributed by atoms with van der Waals surface area (Å²) in [6.45, 7) is 0.732. The Morgan fingerprint density at radius 3 is 2.79 bits per heavy atom. The first-order valence-corrected chi connectivity index (χ1v) is 4.56. The zero-order valence-corrected chi connectivity index (χ0v) is 8.03. The van der Waals surface area contributed by atoms with Gasteiger partial charge in [0, 0.05) is 18.2 Å². The van der Waals surface area contributed by atoms with Gasteiger partial charge in [-0.15, -0.1) is 0 Å². The lowest BCUT2D eigenvalue weighted by Gasteiger charge is -1.91. The van der Waals surface area contributed by atoms with E-state index in [2.05, 4.69) is 10.5 Å². The topological polar surface area (TPSA) is 38.1 Å². The molecule has 3 heteroatoms. The minimum absolute atomic E-state index is 0.732. The van der Waals surface area contributed by atoms with Gasteiger partial charge in [-0.25, -0.2) is 0 Å². The summed E-state index contributed by atoms with van der Waals surface area (Å²) < 4.78 is 5.21. The van der Waals surface area contributed by atoms with E-state index in [1.165, 1.54) is 0 Å². The summed E-state index contributed by atoms with van der Waals surface area (Å²) in [4.78, 5) is 0. The molecular weight excluding hydrogens is 176 g/mol. The zero-order chi connectivity index (χ0) is 9.80. The molecule has 0 aliphatic heterocycles. The zero-order valence-electron chi connectivity index (χ0n) is 8.03. The molecule has 0 bridgehead atoms. The Bertz CT molecular complexity index is 395. The van der Waals surface area contributed by atoms with E-state index in [1.807, 2.05) is 43.4 Å². The van der Waals surface area contributed by atoms with Crippen LogP contribution >= 0.6 is 0 Å². The average Bonchev–Trinajstić information content (AvgIpc) is 2.68. The van der Waals surface area contributed by atoms with Crippen LogP contribution in [0.2, 0.25) is 0 Å². The second-order valence-electron chi connectivity index (χ2n) is 3.08. The first-order chi connectivity index (χ1) is 6.90. The van der Waals surface area contributed by atoms with Crippen LogP contribution < -0.4 is 5.32 Å².